The van der Waals surface area contributed by atoms with E-state index in [1.165, 1.54) is 0 Å². The van der Waals surface area contributed by atoms with Gasteiger partial charge >= 0.3 is 5.97 Å². The predicted octanol–water partition coefficient (Wildman–Crippen LogP) is 5.05. The molecule has 0 unspecified atom stereocenters. The van der Waals surface area contributed by atoms with Gasteiger partial charge in [0.2, 0.25) is 0 Å². The van der Waals surface area contributed by atoms with Crippen molar-refractivity contribution in [3.63, 3.8) is 0 Å². The average molecular weight is 429 g/mol. The maximum atomic E-state index is 12.8. The number of aromatic nitrogens is 1. The Morgan fingerprint density at radius 1 is 0.875 bits per heavy atom. The van der Waals surface area contributed by atoms with Crippen molar-refractivity contribution >= 4 is 17.8 Å². The molecule has 0 radical (unpaired) electrons. The van der Waals surface area contributed by atoms with Gasteiger partial charge in [0.1, 0.15) is 24.7 Å². The van der Waals surface area contributed by atoms with Gasteiger partial charge in [-0.3, -0.25) is 4.79 Å². The summed E-state index contributed by atoms with van der Waals surface area (Å²) in [5, 5.41) is 0. The van der Waals surface area contributed by atoms with E-state index in [4.69, 9.17) is 14.2 Å². The molecule has 2 aromatic heterocycles. The first-order chi connectivity index (χ1) is 15.7. The first-order valence-corrected chi connectivity index (χ1v) is 10.4. The molecule has 0 aliphatic rings. The smallest absolute Gasteiger partial charge is 0.340 e. The number of esters is 1. The van der Waals surface area contributed by atoms with Crippen molar-refractivity contribution < 1.29 is 23.8 Å². The third-order valence-electron chi connectivity index (χ3n) is 4.98. The van der Waals surface area contributed by atoms with Crippen LogP contribution in [0.25, 0.3) is 16.6 Å². The summed E-state index contributed by atoms with van der Waals surface area (Å²) < 4.78 is 18.4. The minimum atomic E-state index is -0.460. The van der Waals surface area contributed by atoms with E-state index in [9.17, 15) is 9.59 Å². The third kappa shape index (κ3) is 4.34. The highest BCUT2D eigenvalue weighted by Crippen LogP contribution is 2.34. The second-order valence-corrected chi connectivity index (χ2v) is 6.96. The molecule has 0 bridgehead atoms. The summed E-state index contributed by atoms with van der Waals surface area (Å²) in [4.78, 5) is 24.7. The molecule has 162 valence electrons. The van der Waals surface area contributed by atoms with Gasteiger partial charge in [-0.25, -0.2) is 4.79 Å². The molecule has 4 aromatic rings. The van der Waals surface area contributed by atoms with Gasteiger partial charge in [-0.15, -0.1) is 0 Å². The van der Waals surface area contributed by atoms with E-state index >= 15 is 0 Å². The van der Waals surface area contributed by atoms with E-state index in [1.807, 2.05) is 66.7 Å². The van der Waals surface area contributed by atoms with E-state index in [1.54, 1.807) is 23.6 Å². The minimum Gasteiger partial charge on any atom is -0.490 e. The van der Waals surface area contributed by atoms with E-state index in [-0.39, 0.29) is 6.61 Å². The van der Waals surface area contributed by atoms with Crippen molar-refractivity contribution in [2.45, 2.75) is 6.92 Å². The molecule has 6 heteroatoms. The number of fused-ring (bicyclic) bond motifs is 1. The highest BCUT2D eigenvalue weighted by atomic mass is 16.5. The quantitative estimate of drug-likeness (QED) is 0.212. The number of hydrogen-bond acceptors (Lipinski definition) is 5. The number of pyridine rings is 1. The Morgan fingerprint density at radius 2 is 1.53 bits per heavy atom. The largest absolute Gasteiger partial charge is 0.490 e. The van der Waals surface area contributed by atoms with Gasteiger partial charge in [0, 0.05) is 11.8 Å². The zero-order chi connectivity index (χ0) is 22.3. The molecule has 0 aliphatic heterocycles. The van der Waals surface area contributed by atoms with Crippen LogP contribution in [0.15, 0.2) is 79.0 Å². The van der Waals surface area contributed by atoms with Crippen LogP contribution in [-0.4, -0.2) is 36.5 Å². The van der Waals surface area contributed by atoms with E-state index in [0.717, 1.165) is 17.6 Å². The van der Waals surface area contributed by atoms with Crippen molar-refractivity contribution in [2.75, 3.05) is 19.8 Å². The molecular formula is C26H23NO5. The fourth-order valence-corrected chi connectivity index (χ4v) is 3.60. The number of benzene rings is 2. The molecule has 0 spiro atoms. The van der Waals surface area contributed by atoms with E-state index in [0.29, 0.717) is 41.3 Å². The number of para-hydroxylation sites is 1. The Bertz CT molecular complexity index is 1210. The second-order valence-electron chi connectivity index (χ2n) is 6.96. The van der Waals surface area contributed by atoms with Crippen LogP contribution in [0.3, 0.4) is 0 Å². The summed E-state index contributed by atoms with van der Waals surface area (Å²) in [5.41, 5.74) is 2.67. The molecule has 0 saturated heterocycles. The Balaban J connectivity index is 1.57. The molecule has 4 rings (SSSR count). The molecule has 0 fully saturated rings. The lowest BCUT2D eigenvalue weighted by atomic mass is 10.0. The average Bonchev–Trinajstić information content (AvgIpc) is 3.17. The molecular weight excluding hydrogens is 406 g/mol. The van der Waals surface area contributed by atoms with Crippen molar-refractivity contribution in [3.05, 3.63) is 90.3 Å². The van der Waals surface area contributed by atoms with Gasteiger partial charge < -0.3 is 18.6 Å². The van der Waals surface area contributed by atoms with Crippen molar-refractivity contribution in [1.82, 2.24) is 4.40 Å². The van der Waals surface area contributed by atoms with Gasteiger partial charge in [-0.2, -0.15) is 0 Å². The summed E-state index contributed by atoms with van der Waals surface area (Å²) in [7, 11) is 0. The Hall–Kier alpha value is -4.06. The summed E-state index contributed by atoms with van der Waals surface area (Å²) in [5.74, 6) is 0.998. The highest BCUT2D eigenvalue weighted by molar-refractivity contribution is 6.09. The first-order valence-electron chi connectivity index (χ1n) is 10.4. The monoisotopic (exact) mass is 429 g/mol. The highest BCUT2D eigenvalue weighted by Gasteiger charge is 2.25. The maximum absolute atomic E-state index is 12.8. The number of hydrogen-bond donors (Lipinski definition) is 0. The molecule has 2 heterocycles. The van der Waals surface area contributed by atoms with Crippen LogP contribution in [0.2, 0.25) is 0 Å². The van der Waals surface area contributed by atoms with Gasteiger partial charge in [0.15, 0.2) is 6.29 Å². The number of carbonyl (C=O) groups is 2. The summed E-state index contributed by atoms with van der Waals surface area (Å²) in [6, 6.07) is 22.3. The molecule has 0 aliphatic carbocycles. The molecule has 0 atom stereocenters. The van der Waals surface area contributed by atoms with Crippen LogP contribution in [0.4, 0.5) is 0 Å². The number of ether oxygens (including phenoxy) is 3. The zero-order valence-electron chi connectivity index (χ0n) is 17.7. The minimum absolute atomic E-state index is 0.247. The van der Waals surface area contributed by atoms with E-state index in [2.05, 4.69) is 0 Å². The lowest BCUT2D eigenvalue weighted by molar-refractivity contribution is 0.0529. The number of rotatable bonds is 9. The van der Waals surface area contributed by atoms with Gasteiger partial charge in [0.25, 0.3) is 0 Å². The molecule has 0 saturated carbocycles. The van der Waals surface area contributed by atoms with Gasteiger partial charge in [-0.1, -0.05) is 36.4 Å². The summed E-state index contributed by atoms with van der Waals surface area (Å²) in [6.07, 6.45) is 2.52. The van der Waals surface area contributed by atoms with Crippen LogP contribution in [-0.2, 0) is 4.74 Å². The zero-order valence-corrected chi connectivity index (χ0v) is 17.7. The van der Waals surface area contributed by atoms with Crippen molar-refractivity contribution in [2.24, 2.45) is 0 Å². The van der Waals surface area contributed by atoms with Gasteiger partial charge in [-0.05, 0) is 48.9 Å². The topological polar surface area (TPSA) is 66.2 Å². The van der Waals surface area contributed by atoms with Crippen molar-refractivity contribution in [1.29, 1.82) is 0 Å². The molecule has 32 heavy (non-hydrogen) atoms. The number of nitrogens with zero attached hydrogens (tertiary/aromatic N) is 1. The fraction of sp³-hybridized carbons (Fsp3) is 0.154. The van der Waals surface area contributed by atoms with Crippen molar-refractivity contribution in [3.8, 4) is 22.6 Å². The molecule has 6 nitrogen and oxygen atoms in total. The third-order valence-corrected chi connectivity index (χ3v) is 4.98. The van der Waals surface area contributed by atoms with Crippen LogP contribution < -0.4 is 9.47 Å². The summed E-state index contributed by atoms with van der Waals surface area (Å²) in [6.45, 7) is 2.80. The summed E-state index contributed by atoms with van der Waals surface area (Å²) >= 11 is 0. The fourth-order valence-electron chi connectivity index (χ4n) is 3.60. The van der Waals surface area contributed by atoms with E-state index < -0.39 is 5.97 Å². The SMILES string of the molecule is CCOC(=O)c1c(-c2ccc(OCCOc3ccccc3)cc2)c(C=O)n2ccccc12. The number of aldehydes is 1. The molecule has 2 aromatic carbocycles. The maximum Gasteiger partial charge on any atom is 0.340 e. The van der Waals surface area contributed by atoms with Crippen LogP contribution in [0.1, 0.15) is 27.8 Å². The number of carbonyl (C=O) groups excluding carboxylic acids is 2. The van der Waals surface area contributed by atoms with Crippen LogP contribution in [0.5, 0.6) is 11.5 Å². The standard InChI is InChI=1S/C26H23NO5/c1-2-30-26(29)25-22-10-6-7-15-27(22)23(18-28)24(25)19-11-13-21(14-12-19)32-17-16-31-20-8-4-3-5-9-20/h3-15,18H,2,16-17H2,1H3. The van der Waals surface area contributed by atoms with Crippen LogP contribution >= 0.6 is 0 Å². The van der Waals surface area contributed by atoms with Gasteiger partial charge in [0.05, 0.1) is 23.4 Å². The van der Waals surface area contributed by atoms with Crippen LogP contribution in [0, 0.1) is 0 Å². The Kier molecular flexibility index (Phi) is 6.51. The lowest BCUT2D eigenvalue weighted by Gasteiger charge is -2.10. The second kappa shape index (κ2) is 9.83. The predicted molar refractivity (Wildman–Crippen MR) is 122 cm³/mol. The molecule has 0 amide bonds. The normalized spacial score (nSPS) is 10.7. The first kappa shape index (κ1) is 21.2. The lowest BCUT2D eigenvalue weighted by Crippen LogP contribution is -2.09. The Morgan fingerprint density at radius 3 is 2.19 bits per heavy atom. The Labute approximate surface area is 186 Å². The molecule has 0 N–H and O–H groups in total.